The van der Waals surface area contributed by atoms with Gasteiger partial charge in [0.25, 0.3) is 0 Å². The van der Waals surface area contributed by atoms with Crippen molar-refractivity contribution in [2.75, 3.05) is 13.1 Å². The van der Waals surface area contributed by atoms with Crippen molar-refractivity contribution in [2.24, 2.45) is 5.92 Å². The van der Waals surface area contributed by atoms with E-state index in [9.17, 15) is 5.21 Å². The molecule has 1 rings (SSSR count). The molecule has 48 valence electrons. The Balaban J connectivity index is 2.19. The Hall–Kier alpha value is -0.0800. The van der Waals surface area contributed by atoms with Crippen LogP contribution in [0.2, 0.25) is 0 Å². The van der Waals surface area contributed by atoms with Gasteiger partial charge in [0.1, 0.15) is 0 Å². The third kappa shape index (κ3) is 1.46. The van der Waals surface area contributed by atoms with E-state index < -0.39 is 0 Å². The van der Waals surface area contributed by atoms with Crippen LogP contribution in [0, 0.1) is 11.1 Å². The van der Waals surface area contributed by atoms with E-state index in [1.165, 1.54) is 0 Å². The average Bonchev–Trinajstić information content (AvgIpc) is 1.77. The van der Waals surface area contributed by atoms with Gasteiger partial charge in [-0.15, -0.1) is 0 Å². The molecule has 0 bridgehead atoms. The van der Waals surface area contributed by atoms with Crippen LogP contribution in [0.15, 0.2) is 0 Å². The van der Waals surface area contributed by atoms with E-state index in [0.717, 1.165) is 31.8 Å². The minimum atomic E-state index is 0.461. The first-order valence-corrected chi connectivity index (χ1v) is 3.31. The lowest BCUT2D eigenvalue weighted by Crippen LogP contribution is -3.08. The number of piperidine rings is 1. The fraction of sp³-hybridized carbons (Fsp3) is 1.00. The summed E-state index contributed by atoms with van der Waals surface area (Å²) in [4.78, 5) is 0. The fourth-order valence-electron chi connectivity index (χ4n) is 1.08. The minimum Gasteiger partial charge on any atom is -0.634 e. The molecule has 0 aromatic rings. The molecule has 0 spiro atoms. The molecule has 8 heavy (non-hydrogen) atoms. The van der Waals surface area contributed by atoms with Crippen molar-refractivity contribution in [3.63, 3.8) is 0 Å². The van der Waals surface area contributed by atoms with Crippen molar-refractivity contribution in [1.82, 2.24) is 0 Å². The van der Waals surface area contributed by atoms with Gasteiger partial charge in [0.15, 0.2) is 0 Å². The van der Waals surface area contributed by atoms with E-state index in [0.29, 0.717) is 5.06 Å². The SMILES string of the molecule is CC1CC[NH+]([O-])CC1. The third-order valence-electron chi connectivity index (χ3n) is 1.83. The Kier molecular flexibility index (Phi) is 1.86. The van der Waals surface area contributed by atoms with Gasteiger partial charge in [-0.3, -0.25) is 0 Å². The normalized spacial score (nSPS) is 39.8. The van der Waals surface area contributed by atoms with E-state index in [-0.39, 0.29) is 0 Å². The molecule has 1 saturated heterocycles. The lowest BCUT2D eigenvalue weighted by atomic mass is 10.0. The maximum Gasteiger partial charge on any atom is 0.0770 e. The Bertz CT molecular complexity index is 56.9. The number of quaternary nitrogens is 1. The topological polar surface area (TPSA) is 27.5 Å². The number of rotatable bonds is 0. The molecule has 0 aromatic heterocycles. The van der Waals surface area contributed by atoms with Gasteiger partial charge in [-0.25, -0.2) is 0 Å². The Morgan fingerprint density at radius 3 is 2.25 bits per heavy atom. The van der Waals surface area contributed by atoms with Crippen LogP contribution in [0.25, 0.3) is 0 Å². The second-order valence-corrected chi connectivity index (χ2v) is 2.72. The highest BCUT2D eigenvalue weighted by molar-refractivity contribution is 4.55. The standard InChI is InChI=1S/C6H13NO/c1-6-2-4-7(8)5-3-6/h6-7H,2-5H2,1H3. The lowest BCUT2D eigenvalue weighted by Gasteiger charge is -2.29. The molecule has 0 aliphatic carbocycles. The maximum absolute atomic E-state index is 10.6. The zero-order valence-electron chi connectivity index (χ0n) is 5.31. The van der Waals surface area contributed by atoms with E-state index in [1.54, 1.807) is 0 Å². The summed E-state index contributed by atoms with van der Waals surface area (Å²) in [5.41, 5.74) is 0. The van der Waals surface area contributed by atoms with Crippen LogP contribution in [0.4, 0.5) is 0 Å². The quantitative estimate of drug-likeness (QED) is 0.435. The van der Waals surface area contributed by atoms with E-state index >= 15 is 0 Å². The highest BCUT2D eigenvalue weighted by Crippen LogP contribution is 2.05. The van der Waals surface area contributed by atoms with Crippen LogP contribution in [-0.2, 0) is 0 Å². The van der Waals surface area contributed by atoms with Crippen LogP contribution in [0.5, 0.6) is 0 Å². The smallest absolute Gasteiger partial charge is 0.0770 e. The number of nitrogens with one attached hydrogen (secondary N) is 1. The summed E-state index contributed by atoms with van der Waals surface area (Å²) < 4.78 is 0. The van der Waals surface area contributed by atoms with Gasteiger partial charge in [0.05, 0.1) is 13.1 Å². The highest BCUT2D eigenvalue weighted by atomic mass is 16.5. The van der Waals surface area contributed by atoms with E-state index in [2.05, 4.69) is 6.92 Å². The second-order valence-electron chi connectivity index (χ2n) is 2.72. The first kappa shape index (κ1) is 6.05. The number of hydroxylamine groups is 2. The molecule has 1 aliphatic rings. The van der Waals surface area contributed by atoms with Crippen molar-refractivity contribution in [3.8, 4) is 0 Å². The maximum atomic E-state index is 10.6. The average molecular weight is 115 g/mol. The molecule has 0 radical (unpaired) electrons. The van der Waals surface area contributed by atoms with Crippen molar-refractivity contribution < 1.29 is 5.06 Å². The summed E-state index contributed by atoms with van der Waals surface area (Å²) in [5.74, 6) is 0.799. The molecular weight excluding hydrogens is 102 g/mol. The Morgan fingerprint density at radius 1 is 1.38 bits per heavy atom. The van der Waals surface area contributed by atoms with E-state index in [1.807, 2.05) is 0 Å². The van der Waals surface area contributed by atoms with Crippen molar-refractivity contribution in [3.05, 3.63) is 5.21 Å². The van der Waals surface area contributed by atoms with Crippen LogP contribution in [0.1, 0.15) is 19.8 Å². The second kappa shape index (κ2) is 2.46. The molecule has 0 saturated carbocycles. The molecule has 2 heteroatoms. The first-order chi connectivity index (χ1) is 3.79. The number of hydrogen-bond acceptors (Lipinski definition) is 1. The summed E-state index contributed by atoms with van der Waals surface area (Å²) in [6.45, 7) is 3.88. The molecule has 1 aliphatic heterocycles. The number of hydrogen-bond donors (Lipinski definition) is 1. The molecule has 0 unspecified atom stereocenters. The van der Waals surface area contributed by atoms with Crippen LogP contribution < -0.4 is 5.06 Å². The minimum absolute atomic E-state index is 0.461. The zero-order valence-corrected chi connectivity index (χ0v) is 5.31. The molecule has 0 atom stereocenters. The van der Waals surface area contributed by atoms with Gasteiger partial charge < -0.3 is 10.3 Å². The summed E-state index contributed by atoms with van der Waals surface area (Å²) in [6.07, 6.45) is 2.25. The van der Waals surface area contributed by atoms with E-state index in [4.69, 9.17) is 0 Å². The largest absolute Gasteiger partial charge is 0.634 e. The molecule has 1 N–H and O–H groups in total. The molecule has 0 aromatic carbocycles. The first-order valence-electron chi connectivity index (χ1n) is 3.31. The van der Waals surface area contributed by atoms with Crippen molar-refractivity contribution in [1.29, 1.82) is 0 Å². The van der Waals surface area contributed by atoms with Gasteiger partial charge >= 0.3 is 0 Å². The van der Waals surface area contributed by atoms with Gasteiger partial charge in [-0.2, -0.15) is 0 Å². The molecule has 1 fully saturated rings. The van der Waals surface area contributed by atoms with Gasteiger partial charge in [-0.1, -0.05) is 6.92 Å². The van der Waals surface area contributed by atoms with Crippen LogP contribution in [-0.4, -0.2) is 13.1 Å². The summed E-state index contributed by atoms with van der Waals surface area (Å²) in [5, 5.41) is 11.1. The zero-order chi connectivity index (χ0) is 5.98. The molecular formula is C6H13NO. The van der Waals surface area contributed by atoms with Crippen molar-refractivity contribution in [2.45, 2.75) is 19.8 Å². The highest BCUT2D eigenvalue weighted by Gasteiger charge is 2.11. The van der Waals surface area contributed by atoms with Gasteiger partial charge in [0, 0.05) is 0 Å². The predicted molar refractivity (Wildman–Crippen MR) is 32.5 cm³/mol. The molecule has 0 amide bonds. The summed E-state index contributed by atoms with van der Waals surface area (Å²) in [6, 6.07) is 0. The molecule has 1 heterocycles. The van der Waals surface area contributed by atoms with Gasteiger partial charge in [-0.05, 0) is 18.8 Å². The monoisotopic (exact) mass is 115 g/mol. The summed E-state index contributed by atoms with van der Waals surface area (Å²) >= 11 is 0. The van der Waals surface area contributed by atoms with Crippen molar-refractivity contribution >= 4 is 0 Å². The van der Waals surface area contributed by atoms with Gasteiger partial charge in [0.2, 0.25) is 0 Å². The Labute approximate surface area is 50.1 Å². The lowest BCUT2D eigenvalue weighted by molar-refractivity contribution is -0.854. The van der Waals surface area contributed by atoms with Crippen LogP contribution in [0.3, 0.4) is 0 Å². The predicted octanol–water partition coefficient (Wildman–Crippen LogP) is -0.201. The summed E-state index contributed by atoms with van der Waals surface area (Å²) in [7, 11) is 0. The Morgan fingerprint density at radius 2 is 1.88 bits per heavy atom. The molecule has 2 nitrogen and oxygen atoms in total. The fourth-order valence-corrected chi connectivity index (χ4v) is 1.08. The van der Waals surface area contributed by atoms with Crippen LogP contribution >= 0.6 is 0 Å². The third-order valence-corrected chi connectivity index (χ3v) is 1.83.